The zero-order valence-electron chi connectivity index (χ0n) is 10.2. The summed E-state index contributed by atoms with van der Waals surface area (Å²) < 4.78 is 0. The molecule has 1 aliphatic heterocycles. The van der Waals surface area contributed by atoms with Gasteiger partial charge in [0.15, 0.2) is 0 Å². The minimum Gasteiger partial charge on any atom is -0.330 e. The summed E-state index contributed by atoms with van der Waals surface area (Å²) in [5, 5.41) is 0. The fraction of sp³-hybridized carbons (Fsp3) is 1.00. The van der Waals surface area contributed by atoms with Gasteiger partial charge in [-0.1, -0.05) is 0 Å². The molecule has 3 heteroatoms. The Morgan fingerprint density at radius 1 is 1.40 bits per heavy atom. The van der Waals surface area contributed by atoms with Crippen LogP contribution in [0, 0.1) is 5.92 Å². The molecule has 0 radical (unpaired) electrons. The molecule has 88 valence electrons. The number of hydrogen-bond acceptors (Lipinski definition) is 3. The van der Waals surface area contributed by atoms with Crippen LogP contribution in [0.5, 0.6) is 0 Å². The van der Waals surface area contributed by atoms with Crippen LogP contribution in [0.4, 0.5) is 0 Å². The molecule has 0 aromatic heterocycles. The van der Waals surface area contributed by atoms with Gasteiger partial charge in [-0.05, 0) is 58.8 Å². The van der Waals surface area contributed by atoms with E-state index in [1.165, 1.54) is 45.3 Å². The van der Waals surface area contributed by atoms with Crippen LogP contribution in [-0.2, 0) is 0 Å². The molecule has 3 nitrogen and oxygen atoms in total. The van der Waals surface area contributed by atoms with Crippen LogP contribution in [0.3, 0.4) is 0 Å². The lowest BCUT2D eigenvalue weighted by atomic mass is 9.75. The zero-order valence-corrected chi connectivity index (χ0v) is 10.2. The van der Waals surface area contributed by atoms with Crippen molar-refractivity contribution in [2.24, 2.45) is 11.7 Å². The number of nitrogens with zero attached hydrogens (tertiary/aromatic N) is 2. The summed E-state index contributed by atoms with van der Waals surface area (Å²) in [4.78, 5) is 5.06. The normalized spacial score (nSPS) is 30.8. The van der Waals surface area contributed by atoms with Crippen molar-refractivity contribution in [1.29, 1.82) is 0 Å². The molecule has 1 aliphatic carbocycles. The molecule has 2 N–H and O–H groups in total. The average molecular weight is 211 g/mol. The fourth-order valence-corrected chi connectivity index (χ4v) is 3.00. The Labute approximate surface area is 93.6 Å². The molecule has 1 saturated heterocycles. The summed E-state index contributed by atoms with van der Waals surface area (Å²) in [5.74, 6) is 0.754. The highest BCUT2D eigenvalue weighted by atomic mass is 15.2. The Balaban J connectivity index is 1.86. The lowest BCUT2D eigenvalue weighted by molar-refractivity contribution is 0.0263. The van der Waals surface area contributed by atoms with E-state index in [2.05, 4.69) is 23.9 Å². The minimum absolute atomic E-state index is 0.490. The van der Waals surface area contributed by atoms with Gasteiger partial charge in [-0.2, -0.15) is 0 Å². The SMILES string of the molecule is CN(C)C1(CN2CCC(CN)C2)CCC1. The van der Waals surface area contributed by atoms with Crippen LogP contribution in [0.2, 0.25) is 0 Å². The van der Waals surface area contributed by atoms with Crippen molar-refractivity contribution in [3.63, 3.8) is 0 Å². The number of nitrogens with two attached hydrogens (primary N) is 1. The van der Waals surface area contributed by atoms with Crippen molar-refractivity contribution in [3.8, 4) is 0 Å². The predicted octanol–water partition coefficient (Wildman–Crippen LogP) is 0.751. The lowest BCUT2D eigenvalue weighted by Gasteiger charge is -2.49. The van der Waals surface area contributed by atoms with E-state index in [0.29, 0.717) is 5.54 Å². The van der Waals surface area contributed by atoms with Gasteiger partial charge in [-0.25, -0.2) is 0 Å². The molecular formula is C12H25N3. The molecule has 0 aromatic rings. The first-order valence-corrected chi connectivity index (χ1v) is 6.26. The number of hydrogen-bond donors (Lipinski definition) is 1. The zero-order chi connectivity index (χ0) is 10.9. The lowest BCUT2D eigenvalue weighted by Crippen LogP contribution is -2.57. The van der Waals surface area contributed by atoms with Crippen molar-refractivity contribution in [3.05, 3.63) is 0 Å². The molecule has 1 unspecified atom stereocenters. The summed E-state index contributed by atoms with van der Waals surface area (Å²) >= 11 is 0. The third kappa shape index (κ3) is 2.19. The van der Waals surface area contributed by atoms with Gasteiger partial charge in [0.2, 0.25) is 0 Å². The van der Waals surface area contributed by atoms with Crippen LogP contribution in [-0.4, -0.2) is 55.6 Å². The van der Waals surface area contributed by atoms with E-state index in [9.17, 15) is 0 Å². The molecular weight excluding hydrogens is 186 g/mol. The minimum atomic E-state index is 0.490. The largest absolute Gasteiger partial charge is 0.330 e. The highest BCUT2D eigenvalue weighted by Crippen LogP contribution is 2.37. The first-order valence-electron chi connectivity index (χ1n) is 6.26. The van der Waals surface area contributed by atoms with Crippen molar-refractivity contribution in [2.45, 2.75) is 31.2 Å². The third-order valence-electron chi connectivity index (χ3n) is 4.45. The molecule has 0 aromatic carbocycles. The monoisotopic (exact) mass is 211 g/mol. The second-order valence-corrected chi connectivity index (χ2v) is 5.60. The fourth-order valence-electron chi connectivity index (χ4n) is 3.00. The Morgan fingerprint density at radius 2 is 2.13 bits per heavy atom. The van der Waals surface area contributed by atoms with Gasteiger partial charge >= 0.3 is 0 Å². The Kier molecular flexibility index (Phi) is 3.33. The standard InChI is InChI=1S/C12H25N3/c1-14(2)12(5-3-6-12)10-15-7-4-11(8-13)9-15/h11H,3-10,13H2,1-2H3. The van der Waals surface area contributed by atoms with Crippen LogP contribution >= 0.6 is 0 Å². The highest BCUT2D eigenvalue weighted by molar-refractivity contribution is 4.99. The molecule has 2 rings (SSSR count). The van der Waals surface area contributed by atoms with Crippen LogP contribution in [0.1, 0.15) is 25.7 Å². The summed E-state index contributed by atoms with van der Waals surface area (Å²) in [7, 11) is 4.46. The molecule has 0 amide bonds. The predicted molar refractivity (Wildman–Crippen MR) is 63.9 cm³/mol. The summed E-state index contributed by atoms with van der Waals surface area (Å²) in [6.07, 6.45) is 5.47. The van der Waals surface area contributed by atoms with E-state index >= 15 is 0 Å². The van der Waals surface area contributed by atoms with Crippen LogP contribution in [0.25, 0.3) is 0 Å². The number of rotatable bonds is 4. The molecule has 0 bridgehead atoms. The maximum absolute atomic E-state index is 5.73. The van der Waals surface area contributed by atoms with E-state index in [1.54, 1.807) is 0 Å². The third-order valence-corrected chi connectivity index (χ3v) is 4.45. The van der Waals surface area contributed by atoms with E-state index in [0.717, 1.165) is 12.5 Å². The van der Waals surface area contributed by atoms with E-state index in [4.69, 9.17) is 5.73 Å². The first kappa shape index (κ1) is 11.4. The van der Waals surface area contributed by atoms with Crippen molar-refractivity contribution >= 4 is 0 Å². The van der Waals surface area contributed by atoms with Gasteiger partial charge in [-0.15, -0.1) is 0 Å². The van der Waals surface area contributed by atoms with Gasteiger partial charge in [0.05, 0.1) is 0 Å². The maximum atomic E-state index is 5.73. The summed E-state index contributed by atoms with van der Waals surface area (Å²) in [6.45, 7) is 4.62. The highest BCUT2D eigenvalue weighted by Gasteiger charge is 2.41. The molecule has 1 saturated carbocycles. The van der Waals surface area contributed by atoms with Crippen LogP contribution < -0.4 is 5.73 Å². The number of likely N-dealkylation sites (tertiary alicyclic amines) is 1. The van der Waals surface area contributed by atoms with Gasteiger partial charge in [-0.3, -0.25) is 0 Å². The van der Waals surface area contributed by atoms with E-state index in [-0.39, 0.29) is 0 Å². The topological polar surface area (TPSA) is 32.5 Å². The maximum Gasteiger partial charge on any atom is 0.0330 e. The Bertz CT molecular complexity index is 211. The summed E-state index contributed by atoms with van der Waals surface area (Å²) in [5.41, 5.74) is 6.22. The smallest absolute Gasteiger partial charge is 0.0330 e. The molecule has 1 atom stereocenters. The van der Waals surface area contributed by atoms with E-state index < -0.39 is 0 Å². The van der Waals surface area contributed by atoms with Gasteiger partial charge in [0.1, 0.15) is 0 Å². The second kappa shape index (κ2) is 4.40. The molecule has 1 heterocycles. The van der Waals surface area contributed by atoms with Crippen molar-refractivity contribution < 1.29 is 0 Å². The summed E-state index contributed by atoms with van der Waals surface area (Å²) in [6, 6.07) is 0. The quantitative estimate of drug-likeness (QED) is 0.745. The Morgan fingerprint density at radius 3 is 2.53 bits per heavy atom. The first-order chi connectivity index (χ1) is 7.16. The van der Waals surface area contributed by atoms with Crippen molar-refractivity contribution in [1.82, 2.24) is 9.80 Å². The van der Waals surface area contributed by atoms with E-state index in [1.807, 2.05) is 0 Å². The van der Waals surface area contributed by atoms with Crippen molar-refractivity contribution in [2.75, 3.05) is 40.3 Å². The average Bonchev–Trinajstić information content (AvgIpc) is 2.58. The van der Waals surface area contributed by atoms with Crippen LogP contribution in [0.15, 0.2) is 0 Å². The molecule has 2 aliphatic rings. The molecule has 0 spiro atoms. The van der Waals surface area contributed by atoms with Gasteiger partial charge in [0, 0.05) is 18.6 Å². The van der Waals surface area contributed by atoms with Gasteiger partial charge in [0.25, 0.3) is 0 Å². The second-order valence-electron chi connectivity index (χ2n) is 5.60. The Hall–Kier alpha value is -0.120. The molecule has 2 fully saturated rings. The number of likely N-dealkylation sites (N-methyl/N-ethyl adjacent to an activating group) is 1. The molecule has 15 heavy (non-hydrogen) atoms. The van der Waals surface area contributed by atoms with Gasteiger partial charge < -0.3 is 15.5 Å².